The molecule has 0 atom stereocenters. The smallest absolute Gasteiger partial charge is 0.323 e. The molecule has 2 fully saturated rings. The van der Waals surface area contributed by atoms with E-state index in [0.717, 1.165) is 24.9 Å². The molecule has 1 aromatic heterocycles. The highest BCUT2D eigenvalue weighted by Gasteiger charge is 2.30. The minimum absolute atomic E-state index is 0.241. The summed E-state index contributed by atoms with van der Waals surface area (Å²) < 4.78 is 5.35. The summed E-state index contributed by atoms with van der Waals surface area (Å²) in [6.45, 7) is 4.51. The quantitative estimate of drug-likeness (QED) is 0.803. The molecule has 2 saturated carbocycles. The highest BCUT2D eigenvalue weighted by molar-refractivity contribution is 5.36. The van der Waals surface area contributed by atoms with Crippen molar-refractivity contribution >= 4 is 11.9 Å². The molecule has 2 aliphatic rings. The van der Waals surface area contributed by atoms with Crippen LogP contribution in [0.2, 0.25) is 0 Å². The zero-order valence-corrected chi connectivity index (χ0v) is 11.4. The first-order chi connectivity index (χ1) is 9.24. The Hall–Kier alpha value is -1.59. The van der Waals surface area contributed by atoms with Gasteiger partial charge in [0.2, 0.25) is 11.9 Å². The summed E-state index contributed by atoms with van der Waals surface area (Å²) in [5.74, 6) is 2.51. The summed E-state index contributed by atoms with van der Waals surface area (Å²) in [6, 6.07) is 0.335. The minimum atomic E-state index is 0.241. The van der Waals surface area contributed by atoms with Gasteiger partial charge in [-0.2, -0.15) is 15.0 Å². The first-order valence-corrected chi connectivity index (χ1v) is 7.14. The number of hydrogen-bond acceptors (Lipinski definition) is 6. The molecule has 2 N–H and O–H groups in total. The lowest BCUT2D eigenvalue weighted by Gasteiger charge is -2.22. The van der Waals surface area contributed by atoms with Gasteiger partial charge in [0.25, 0.3) is 0 Å². The Kier molecular flexibility index (Phi) is 3.40. The maximum absolute atomic E-state index is 5.75. The van der Waals surface area contributed by atoms with Gasteiger partial charge in [0.1, 0.15) is 0 Å². The zero-order chi connectivity index (χ0) is 13.2. The van der Waals surface area contributed by atoms with Gasteiger partial charge in [0.15, 0.2) is 0 Å². The number of nitrogen functional groups attached to an aromatic ring is 1. The molecule has 6 nitrogen and oxygen atoms in total. The molecule has 2 aliphatic carbocycles. The van der Waals surface area contributed by atoms with Crippen LogP contribution in [-0.2, 0) is 0 Å². The minimum Gasteiger partial charge on any atom is -0.464 e. The Morgan fingerprint density at radius 1 is 1.11 bits per heavy atom. The van der Waals surface area contributed by atoms with E-state index in [0.29, 0.717) is 18.6 Å². The van der Waals surface area contributed by atoms with Crippen LogP contribution < -0.4 is 15.4 Å². The van der Waals surface area contributed by atoms with Crippen molar-refractivity contribution < 1.29 is 4.74 Å². The maximum Gasteiger partial charge on any atom is 0.323 e. The summed E-state index contributed by atoms with van der Waals surface area (Å²) in [5.41, 5.74) is 5.75. The fourth-order valence-corrected chi connectivity index (χ4v) is 2.16. The number of aromatic nitrogens is 3. The van der Waals surface area contributed by atoms with Gasteiger partial charge in [0, 0.05) is 13.1 Å². The van der Waals surface area contributed by atoms with Crippen LogP contribution in [0.5, 0.6) is 6.01 Å². The Morgan fingerprint density at radius 2 is 1.74 bits per heavy atom. The van der Waals surface area contributed by atoms with E-state index in [9.17, 15) is 0 Å². The van der Waals surface area contributed by atoms with E-state index < -0.39 is 0 Å². The molecule has 0 aliphatic heterocycles. The van der Waals surface area contributed by atoms with E-state index in [1.54, 1.807) is 0 Å². The second kappa shape index (κ2) is 5.19. The normalized spacial score (nSPS) is 18.4. The molecule has 0 amide bonds. The molecule has 0 spiro atoms. The third kappa shape index (κ3) is 3.45. The standard InChI is InChI=1S/C13H21N5O/c1-2-19-13-16-11(14)15-12(17-13)18(7-9-3-4-9)8-10-5-6-10/h9-10H,2-8H2,1H3,(H2,14,15,16,17). The molecular formula is C13H21N5O. The number of rotatable bonds is 7. The van der Waals surface area contributed by atoms with E-state index in [4.69, 9.17) is 10.5 Å². The van der Waals surface area contributed by atoms with Gasteiger partial charge < -0.3 is 15.4 Å². The van der Waals surface area contributed by atoms with E-state index in [-0.39, 0.29) is 5.95 Å². The Labute approximate surface area is 113 Å². The Bertz CT molecular complexity index is 431. The molecule has 0 aromatic carbocycles. The summed E-state index contributed by atoms with van der Waals surface area (Å²) in [7, 11) is 0. The van der Waals surface area contributed by atoms with Crippen molar-refractivity contribution in [3.63, 3.8) is 0 Å². The van der Waals surface area contributed by atoms with Crippen LogP contribution in [0.4, 0.5) is 11.9 Å². The molecule has 0 saturated heterocycles. The van der Waals surface area contributed by atoms with Gasteiger partial charge in [-0.25, -0.2) is 0 Å². The average molecular weight is 263 g/mol. The van der Waals surface area contributed by atoms with Crippen LogP contribution in [0.25, 0.3) is 0 Å². The summed E-state index contributed by atoms with van der Waals surface area (Å²) in [6.07, 6.45) is 5.28. The van der Waals surface area contributed by atoms with Crippen LogP contribution in [0.15, 0.2) is 0 Å². The van der Waals surface area contributed by atoms with Gasteiger partial charge in [-0.3, -0.25) is 0 Å². The van der Waals surface area contributed by atoms with Crippen molar-refractivity contribution in [3.8, 4) is 6.01 Å². The molecule has 0 bridgehead atoms. The van der Waals surface area contributed by atoms with Gasteiger partial charge in [0.05, 0.1) is 6.61 Å². The number of nitrogens with two attached hydrogens (primary N) is 1. The Balaban J connectivity index is 1.77. The lowest BCUT2D eigenvalue weighted by molar-refractivity contribution is 0.312. The second-order valence-corrected chi connectivity index (χ2v) is 5.50. The lowest BCUT2D eigenvalue weighted by Crippen LogP contribution is -2.30. The van der Waals surface area contributed by atoms with E-state index in [1.807, 2.05) is 6.92 Å². The molecule has 0 unspecified atom stereocenters. The molecule has 1 aromatic rings. The topological polar surface area (TPSA) is 77.2 Å². The van der Waals surface area contributed by atoms with Crippen molar-refractivity contribution in [2.75, 3.05) is 30.3 Å². The SMILES string of the molecule is CCOc1nc(N)nc(N(CC2CC2)CC2CC2)n1. The van der Waals surface area contributed by atoms with Crippen molar-refractivity contribution in [1.29, 1.82) is 0 Å². The van der Waals surface area contributed by atoms with Gasteiger partial charge in [-0.05, 0) is 44.4 Å². The van der Waals surface area contributed by atoms with E-state index in [2.05, 4.69) is 19.9 Å². The number of hydrogen-bond donors (Lipinski definition) is 1. The second-order valence-electron chi connectivity index (χ2n) is 5.50. The molecule has 19 heavy (non-hydrogen) atoms. The van der Waals surface area contributed by atoms with Crippen molar-refractivity contribution in [1.82, 2.24) is 15.0 Å². The number of nitrogens with zero attached hydrogens (tertiary/aromatic N) is 4. The van der Waals surface area contributed by atoms with Crippen LogP contribution in [0.3, 0.4) is 0 Å². The maximum atomic E-state index is 5.75. The van der Waals surface area contributed by atoms with Crippen LogP contribution in [-0.4, -0.2) is 34.6 Å². The van der Waals surface area contributed by atoms with Gasteiger partial charge in [-0.1, -0.05) is 0 Å². The van der Waals surface area contributed by atoms with Crippen LogP contribution in [0.1, 0.15) is 32.6 Å². The molecular weight excluding hydrogens is 242 g/mol. The molecule has 3 rings (SSSR count). The van der Waals surface area contributed by atoms with E-state index in [1.165, 1.54) is 25.7 Å². The molecule has 104 valence electrons. The van der Waals surface area contributed by atoms with Crippen molar-refractivity contribution in [2.24, 2.45) is 11.8 Å². The largest absolute Gasteiger partial charge is 0.464 e. The Morgan fingerprint density at radius 3 is 2.26 bits per heavy atom. The third-order valence-electron chi connectivity index (χ3n) is 3.53. The van der Waals surface area contributed by atoms with Crippen LogP contribution >= 0.6 is 0 Å². The first kappa shape index (κ1) is 12.4. The number of anilines is 2. The number of ether oxygens (including phenoxy) is 1. The van der Waals surface area contributed by atoms with E-state index >= 15 is 0 Å². The summed E-state index contributed by atoms with van der Waals surface area (Å²) >= 11 is 0. The molecule has 6 heteroatoms. The average Bonchev–Trinajstić information content (AvgIpc) is 3.22. The third-order valence-corrected chi connectivity index (χ3v) is 3.53. The highest BCUT2D eigenvalue weighted by Crippen LogP contribution is 2.35. The summed E-state index contributed by atoms with van der Waals surface area (Å²) in [4.78, 5) is 14.9. The monoisotopic (exact) mass is 263 g/mol. The summed E-state index contributed by atoms with van der Waals surface area (Å²) in [5, 5.41) is 0. The van der Waals surface area contributed by atoms with Crippen molar-refractivity contribution in [2.45, 2.75) is 32.6 Å². The lowest BCUT2D eigenvalue weighted by atomic mass is 10.3. The van der Waals surface area contributed by atoms with Crippen LogP contribution in [0, 0.1) is 11.8 Å². The first-order valence-electron chi connectivity index (χ1n) is 7.14. The highest BCUT2D eigenvalue weighted by atomic mass is 16.5. The molecule has 0 radical (unpaired) electrons. The van der Waals surface area contributed by atoms with Gasteiger partial charge >= 0.3 is 6.01 Å². The zero-order valence-electron chi connectivity index (χ0n) is 11.4. The fourth-order valence-electron chi connectivity index (χ4n) is 2.16. The predicted octanol–water partition coefficient (Wildman–Crippen LogP) is 1.48. The predicted molar refractivity (Wildman–Crippen MR) is 73.1 cm³/mol. The molecule has 1 heterocycles. The van der Waals surface area contributed by atoms with Crippen molar-refractivity contribution in [3.05, 3.63) is 0 Å². The fraction of sp³-hybridized carbons (Fsp3) is 0.769. The van der Waals surface area contributed by atoms with Gasteiger partial charge in [-0.15, -0.1) is 0 Å².